The second kappa shape index (κ2) is 5.16. The van der Waals surface area contributed by atoms with Gasteiger partial charge in [0.2, 0.25) is 0 Å². The number of H-pyrrole nitrogens is 1. The van der Waals surface area contributed by atoms with E-state index < -0.39 is 0 Å². The number of nitrogens with zero attached hydrogens (tertiary/aromatic N) is 3. The molecule has 2 aromatic heterocycles. The largest absolute Gasteiger partial charge is 0.456 e. The van der Waals surface area contributed by atoms with Crippen LogP contribution in [0.25, 0.3) is 11.0 Å². The van der Waals surface area contributed by atoms with Crippen molar-refractivity contribution in [3.8, 4) is 0 Å². The number of carbonyl (C=O) groups is 1. The molecule has 0 saturated carbocycles. The van der Waals surface area contributed by atoms with Crippen molar-refractivity contribution in [3.05, 3.63) is 48.3 Å². The molecule has 0 saturated heterocycles. The lowest BCUT2D eigenvalue weighted by molar-refractivity contribution is 0.0464. The Hall–Kier alpha value is -2.63. The molecule has 2 heterocycles. The molecule has 20 heavy (non-hydrogen) atoms. The van der Waals surface area contributed by atoms with Crippen LogP contribution in [-0.4, -0.2) is 25.5 Å². The number of aryl methyl sites for hydroxylation is 1. The van der Waals surface area contributed by atoms with Crippen LogP contribution in [0.15, 0.2) is 37.1 Å². The van der Waals surface area contributed by atoms with E-state index in [9.17, 15) is 4.79 Å². The number of hydrogen-bond donors (Lipinski definition) is 1. The molecule has 0 spiro atoms. The third-order valence-electron chi connectivity index (χ3n) is 3.15. The van der Waals surface area contributed by atoms with E-state index in [2.05, 4.69) is 15.0 Å². The number of imidazole rings is 2. The maximum atomic E-state index is 12.0. The Morgan fingerprint density at radius 3 is 3.20 bits per heavy atom. The SMILES string of the molecule is CCn1cncc1COC(=O)c1ccc2nc[nH]c2c1. The lowest BCUT2D eigenvalue weighted by atomic mass is 10.2. The molecular weight excluding hydrogens is 256 g/mol. The van der Waals surface area contributed by atoms with E-state index in [-0.39, 0.29) is 12.6 Å². The fourth-order valence-corrected chi connectivity index (χ4v) is 2.04. The number of carbonyl (C=O) groups excluding carboxylic acids is 1. The first kappa shape index (κ1) is 12.4. The van der Waals surface area contributed by atoms with Crippen LogP contribution in [-0.2, 0) is 17.9 Å². The molecule has 0 aliphatic carbocycles. The van der Waals surface area contributed by atoms with E-state index >= 15 is 0 Å². The standard InChI is InChI=1S/C14H14N4O2/c1-2-18-9-15-6-11(18)7-20-14(19)10-3-4-12-13(5-10)17-8-16-12/h3-6,8-9H,2,7H2,1H3,(H,16,17). The summed E-state index contributed by atoms with van der Waals surface area (Å²) in [6, 6.07) is 5.24. The predicted octanol–water partition coefficient (Wildman–Crippen LogP) is 2.14. The molecule has 0 amide bonds. The molecule has 0 unspecified atom stereocenters. The fraction of sp³-hybridized carbons (Fsp3) is 0.214. The second-order valence-electron chi connectivity index (χ2n) is 4.38. The molecule has 0 radical (unpaired) electrons. The molecule has 102 valence electrons. The van der Waals surface area contributed by atoms with Crippen LogP contribution in [0, 0.1) is 0 Å². The van der Waals surface area contributed by atoms with Gasteiger partial charge in [0.25, 0.3) is 0 Å². The topological polar surface area (TPSA) is 72.8 Å². The van der Waals surface area contributed by atoms with Gasteiger partial charge in [-0.25, -0.2) is 14.8 Å². The van der Waals surface area contributed by atoms with E-state index in [1.165, 1.54) is 0 Å². The van der Waals surface area contributed by atoms with Gasteiger partial charge >= 0.3 is 5.97 Å². The molecule has 0 fully saturated rings. The van der Waals surface area contributed by atoms with Crippen LogP contribution in [0.4, 0.5) is 0 Å². The Morgan fingerprint density at radius 2 is 2.35 bits per heavy atom. The van der Waals surface area contributed by atoms with Crippen LogP contribution < -0.4 is 0 Å². The van der Waals surface area contributed by atoms with E-state index in [4.69, 9.17) is 4.74 Å². The molecule has 0 aliphatic rings. The van der Waals surface area contributed by atoms with Crippen molar-refractivity contribution in [3.63, 3.8) is 0 Å². The minimum Gasteiger partial charge on any atom is -0.456 e. The van der Waals surface area contributed by atoms with E-state index in [1.54, 1.807) is 37.1 Å². The summed E-state index contributed by atoms with van der Waals surface area (Å²) in [6.07, 6.45) is 5.02. The smallest absolute Gasteiger partial charge is 0.338 e. The third-order valence-corrected chi connectivity index (χ3v) is 3.15. The molecule has 1 N–H and O–H groups in total. The van der Waals surface area contributed by atoms with Crippen LogP contribution in [0.2, 0.25) is 0 Å². The lowest BCUT2D eigenvalue weighted by Crippen LogP contribution is -2.08. The van der Waals surface area contributed by atoms with Gasteiger partial charge in [-0.05, 0) is 25.1 Å². The van der Waals surface area contributed by atoms with Gasteiger partial charge in [-0.3, -0.25) is 0 Å². The van der Waals surface area contributed by atoms with Crippen LogP contribution >= 0.6 is 0 Å². The third kappa shape index (κ3) is 2.27. The number of nitrogens with one attached hydrogen (secondary N) is 1. The minimum absolute atomic E-state index is 0.216. The van der Waals surface area contributed by atoms with Crippen molar-refractivity contribution >= 4 is 17.0 Å². The van der Waals surface area contributed by atoms with Crippen LogP contribution in [0.1, 0.15) is 23.0 Å². The van der Waals surface area contributed by atoms with Crippen molar-refractivity contribution in [1.29, 1.82) is 0 Å². The molecule has 0 bridgehead atoms. The van der Waals surface area contributed by atoms with Gasteiger partial charge < -0.3 is 14.3 Å². The summed E-state index contributed by atoms with van der Waals surface area (Å²) in [7, 11) is 0. The van der Waals surface area contributed by atoms with Crippen LogP contribution in [0.3, 0.4) is 0 Å². The number of esters is 1. The molecule has 6 heteroatoms. The normalized spacial score (nSPS) is 10.8. The maximum absolute atomic E-state index is 12.0. The summed E-state index contributed by atoms with van der Waals surface area (Å²) in [5.41, 5.74) is 3.02. The Bertz CT molecular complexity index is 744. The van der Waals surface area contributed by atoms with E-state index in [0.29, 0.717) is 5.56 Å². The highest BCUT2D eigenvalue weighted by molar-refractivity contribution is 5.93. The number of aromatic nitrogens is 4. The van der Waals surface area contributed by atoms with Gasteiger partial charge in [0.1, 0.15) is 6.61 Å². The average molecular weight is 270 g/mol. The Kier molecular flexibility index (Phi) is 3.20. The average Bonchev–Trinajstić information content (AvgIpc) is 3.12. The summed E-state index contributed by atoms with van der Waals surface area (Å²) in [5.74, 6) is -0.356. The Labute approximate surface area is 115 Å². The van der Waals surface area contributed by atoms with Crippen molar-refractivity contribution in [1.82, 2.24) is 19.5 Å². The van der Waals surface area contributed by atoms with Crippen molar-refractivity contribution in [2.45, 2.75) is 20.1 Å². The van der Waals surface area contributed by atoms with Gasteiger partial charge in [0.15, 0.2) is 0 Å². The highest BCUT2D eigenvalue weighted by Crippen LogP contribution is 2.13. The zero-order chi connectivity index (χ0) is 13.9. The van der Waals surface area contributed by atoms with Crippen molar-refractivity contribution in [2.24, 2.45) is 0 Å². The quantitative estimate of drug-likeness (QED) is 0.737. The van der Waals surface area contributed by atoms with Crippen molar-refractivity contribution < 1.29 is 9.53 Å². The van der Waals surface area contributed by atoms with Gasteiger partial charge in [-0.15, -0.1) is 0 Å². The highest BCUT2D eigenvalue weighted by Gasteiger charge is 2.10. The molecule has 0 atom stereocenters. The van der Waals surface area contributed by atoms with E-state index in [1.807, 2.05) is 11.5 Å². The molecule has 6 nitrogen and oxygen atoms in total. The molecule has 3 aromatic rings. The van der Waals surface area contributed by atoms with Crippen molar-refractivity contribution in [2.75, 3.05) is 0 Å². The molecule has 1 aromatic carbocycles. The number of aromatic amines is 1. The first-order valence-corrected chi connectivity index (χ1v) is 6.37. The Morgan fingerprint density at radius 1 is 1.45 bits per heavy atom. The Balaban J connectivity index is 1.72. The van der Waals surface area contributed by atoms with Crippen LogP contribution in [0.5, 0.6) is 0 Å². The maximum Gasteiger partial charge on any atom is 0.338 e. The highest BCUT2D eigenvalue weighted by atomic mass is 16.5. The summed E-state index contributed by atoms with van der Waals surface area (Å²) in [4.78, 5) is 23.1. The number of hydrogen-bond acceptors (Lipinski definition) is 4. The molecule has 0 aliphatic heterocycles. The molecule has 3 rings (SSSR count). The summed E-state index contributed by atoms with van der Waals surface area (Å²) < 4.78 is 7.24. The minimum atomic E-state index is -0.356. The first-order valence-electron chi connectivity index (χ1n) is 6.37. The zero-order valence-corrected chi connectivity index (χ0v) is 11.0. The number of benzene rings is 1. The summed E-state index contributed by atoms with van der Waals surface area (Å²) in [5, 5.41) is 0. The van der Waals surface area contributed by atoms with Gasteiger partial charge in [-0.1, -0.05) is 0 Å². The van der Waals surface area contributed by atoms with Gasteiger partial charge in [0.05, 0.1) is 41.1 Å². The second-order valence-corrected chi connectivity index (χ2v) is 4.38. The van der Waals surface area contributed by atoms with E-state index in [0.717, 1.165) is 23.3 Å². The summed E-state index contributed by atoms with van der Waals surface area (Å²) >= 11 is 0. The molecular formula is C14H14N4O2. The fourth-order valence-electron chi connectivity index (χ4n) is 2.04. The van der Waals surface area contributed by atoms with Gasteiger partial charge in [-0.2, -0.15) is 0 Å². The zero-order valence-electron chi connectivity index (χ0n) is 11.0. The summed E-state index contributed by atoms with van der Waals surface area (Å²) in [6.45, 7) is 3.03. The number of ether oxygens (including phenoxy) is 1. The number of fused-ring (bicyclic) bond motifs is 1. The predicted molar refractivity (Wildman–Crippen MR) is 73.1 cm³/mol. The lowest BCUT2D eigenvalue weighted by Gasteiger charge is -2.06. The monoisotopic (exact) mass is 270 g/mol. The van der Waals surface area contributed by atoms with Gasteiger partial charge in [0, 0.05) is 6.54 Å². The first-order chi connectivity index (χ1) is 9.78. The number of rotatable bonds is 4.